The van der Waals surface area contributed by atoms with Crippen molar-refractivity contribution in [3.05, 3.63) is 0 Å². The number of carboxylic acid groups (broad SMARTS) is 3. The molecule has 0 saturated carbocycles. The Morgan fingerprint density at radius 2 is 1.00 bits per heavy atom. The zero-order valence-corrected chi connectivity index (χ0v) is 8.42. The summed E-state index contributed by atoms with van der Waals surface area (Å²) in [5.41, 5.74) is 0. The minimum Gasteiger partial charge on any atom is -0.480 e. The van der Waals surface area contributed by atoms with Crippen molar-refractivity contribution in [3.8, 4) is 0 Å². The molecule has 3 N–H and O–H groups in total. The summed E-state index contributed by atoms with van der Waals surface area (Å²) in [4.78, 5) is 31.2. The summed E-state index contributed by atoms with van der Waals surface area (Å²) >= 11 is 0. The first-order chi connectivity index (χ1) is 5.91. The number of rotatable bonds is 6. The molecule has 0 aliphatic heterocycles. The summed E-state index contributed by atoms with van der Waals surface area (Å²) in [6.07, 6.45) is 0. The molecule has 8 heteroatoms. The summed E-state index contributed by atoms with van der Waals surface area (Å²) in [6.45, 7) is -1.80. The monoisotopic (exact) mass is 298 g/mol. The van der Waals surface area contributed by atoms with Gasteiger partial charge in [-0.2, -0.15) is 0 Å². The van der Waals surface area contributed by atoms with Crippen LogP contribution in [0.15, 0.2) is 0 Å². The van der Waals surface area contributed by atoms with Crippen molar-refractivity contribution in [2.45, 2.75) is 0 Å². The van der Waals surface area contributed by atoms with Crippen molar-refractivity contribution in [2.75, 3.05) is 19.6 Å². The minimum absolute atomic E-state index is 0. The van der Waals surface area contributed by atoms with Gasteiger partial charge >= 0.3 is 17.9 Å². The first-order valence-electron chi connectivity index (χ1n) is 3.29. The fraction of sp³-hybridized carbons (Fsp3) is 0.500. The number of carboxylic acids is 3. The average molecular weight is 299 g/mol. The Morgan fingerprint density at radius 1 is 0.786 bits per heavy atom. The predicted molar refractivity (Wildman–Crippen MR) is 39.3 cm³/mol. The smallest absolute Gasteiger partial charge is 0.317 e. The Hall–Kier alpha value is -0.890. The van der Waals surface area contributed by atoms with E-state index in [1.807, 2.05) is 0 Å². The van der Waals surface area contributed by atoms with Crippen molar-refractivity contribution in [2.24, 2.45) is 0 Å². The maximum atomic E-state index is 10.1. The van der Waals surface area contributed by atoms with E-state index in [9.17, 15) is 14.4 Å². The van der Waals surface area contributed by atoms with Gasteiger partial charge in [0, 0.05) is 22.4 Å². The largest absolute Gasteiger partial charge is 0.480 e. The van der Waals surface area contributed by atoms with E-state index in [0.29, 0.717) is 0 Å². The fourth-order valence-corrected chi connectivity index (χ4v) is 0.742. The number of nitrogens with zero attached hydrogens (tertiary/aromatic N) is 1. The van der Waals surface area contributed by atoms with Gasteiger partial charge in [0.05, 0.1) is 19.6 Å². The Morgan fingerprint density at radius 3 is 1.14 bits per heavy atom. The second-order valence-electron chi connectivity index (χ2n) is 2.33. The third kappa shape index (κ3) is 9.20. The molecule has 0 fully saturated rings. The summed E-state index contributed by atoms with van der Waals surface area (Å²) in [7, 11) is 0. The summed E-state index contributed by atoms with van der Waals surface area (Å²) < 4.78 is 0. The van der Waals surface area contributed by atoms with Crippen LogP contribution in [0.2, 0.25) is 0 Å². The summed E-state index contributed by atoms with van der Waals surface area (Å²) in [6, 6.07) is 0. The molecule has 0 aromatic heterocycles. The van der Waals surface area contributed by atoms with E-state index in [1.54, 1.807) is 0 Å². The molecule has 1 radical (unpaired) electrons. The third-order valence-corrected chi connectivity index (χ3v) is 1.08. The van der Waals surface area contributed by atoms with Gasteiger partial charge in [-0.25, -0.2) is 0 Å². The first-order valence-corrected chi connectivity index (χ1v) is 3.29. The van der Waals surface area contributed by atoms with Gasteiger partial charge in [-0.1, -0.05) is 0 Å². The summed E-state index contributed by atoms with van der Waals surface area (Å²) in [5, 5.41) is 24.8. The van der Waals surface area contributed by atoms with E-state index in [4.69, 9.17) is 15.3 Å². The van der Waals surface area contributed by atoms with E-state index in [0.717, 1.165) is 4.90 Å². The van der Waals surface area contributed by atoms with E-state index >= 15 is 0 Å². The molecule has 0 rings (SSSR count). The van der Waals surface area contributed by atoms with Crippen LogP contribution in [-0.4, -0.2) is 57.8 Å². The van der Waals surface area contributed by atoms with Gasteiger partial charge in [0.1, 0.15) is 0 Å². The fourth-order valence-electron chi connectivity index (χ4n) is 0.742. The Bertz CT molecular complexity index is 192. The van der Waals surface area contributed by atoms with Gasteiger partial charge in [-0.05, 0) is 0 Å². The van der Waals surface area contributed by atoms with Crippen molar-refractivity contribution >= 4 is 17.9 Å². The summed E-state index contributed by atoms with van der Waals surface area (Å²) in [5.74, 6) is -3.78. The van der Waals surface area contributed by atoms with Gasteiger partial charge < -0.3 is 15.3 Å². The van der Waals surface area contributed by atoms with Crippen molar-refractivity contribution in [1.29, 1.82) is 0 Å². The number of carbonyl (C=O) groups is 3. The van der Waals surface area contributed by atoms with Crippen LogP contribution in [0.3, 0.4) is 0 Å². The van der Waals surface area contributed by atoms with Crippen LogP contribution < -0.4 is 0 Å². The second kappa shape index (κ2) is 7.51. The number of aliphatic carboxylic acids is 3. The topological polar surface area (TPSA) is 115 Å². The predicted octanol–water partition coefficient (Wildman–Crippen LogP) is -1.46. The molecule has 0 atom stereocenters. The number of hydrogen-bond acceptors (Lipinski definition) is 4. The second-order valence-corrected chi connectivity index (χ2v) is 2.33. The van der Waals surface area contributed by atoms with E-state index < -0.39 is 37.5 Å². The Labute approximate surface area is 94.8 Å². The molecule has 7 nitrogen and oxygen atoms in total. The van der Waals surface area contributed by atoms with Crippen LogP contribution >= 0.6 is 0 Å². The number of hydrogen-bond donors (Lipinski definition) is 3. The van der Waals surface area contributed by atoms with Gasteiger partial charge in [0.25, 0.3) is 0 Å². The van der Waals surface area contributed by atoms with E-state index in [1.165, 1.54) is 0 Å². The van der Waals surface area contributed by atoms with Gasteiger partial charge in [-0.15, -0.1) is 0 Å². The van der Waals surface area contributed by atoms with Crippen molar-refractivity contribution in [3.63, 3.8) is 0 Å². The molecular weight excluding hydrogens is 290 g/mol. The maximum absolute atomic E-state index is 10.1. The average Bonchev–Trinajstić information content (AvgIpc) is 1.80. The molecule has 14 heavy (non-hydrogen) atoms. The van der Waals surface area contributed by atoms with Crippen LogP contribution in [0, 0.1) is 0 Å². The van der Waals surface area contributed by atoms with Crippen LogP contribution in [-0.2, 0) is 36.8 Å². The molecule has 0 saturated heterocycles. The van der Waals surface area contributed by atoms with E-state index in [2.05, 4.69) is 0 Å². The molecule has 0 unspecified atom stereocenters. The molecule has 0 aliphatic rings. The molecular formula is C6H9AgNO6. The van der Waals surface area contributed by atoms with Crippen molar-refractivity contribution in [1.82, 2.24) is 4.90 Å². The SMILES string of the molecule is O=C(O)CN(CC(=O)O)CC(=O)O.[Ag]. The van der Waals surface area contributed by atoms with Crippen molar-refractivity contribution < 1.29 is 52.1 Å². The molecule has 0 bridgehead atoms. The van der Waals surface area contributed by atoms with Gasteiger partial charge in [0.15, 0.2) is 0 Å². The minimum atomic E-state index is -1.26. The van der Waals surface area contributed by atoms with Crippen LogP contribution in [0.4, 0.5) is 0 Å². The van der Waals surface area contributed by atoms with Gasteiger partial charge in [-0.3, -0.25) is 19.3 Å². The zero-order valence-electron chi connectivity index (χ0n) is 6.94. The first kappa shape index (κ1) is 15.6. The molecule has 0 amide bonds. The van der Waals surface area contributed by atoms with Crippen LogP contribution in [0.1, 0.15) is 0 Å². The molecule has 0 aromatic carbocycles. The molecule has 0 aromatic rings. The quantitative estimate of drug-likeness (QED) is 0.513. The van der Waals surface area contributed by atoms with Crippen LogP contribution in [0.25, 0.3) is 0 Å². The van der Waals surface area contributed by atoms with Gasteiger partial charge in [0.2, 0.25) is 0 Å². The standard InChI is InChI=1S/C6H9NO6.Ag/c8-4(9)1-7(2-5(10)11)3-6(12)13;/h1-3H2,(H,8,9)(H,10,11)(H,12,13);. The molecule has 85 valence electrons. The maximum Gasteiger partial charge on any atom is 0.317 e. The normalized spacial score (nSPS) is 9.21. The molecule has 0 heterocycles. The Kier molecular flexibility index (Phi) is 8.35. The zero-order chi connectivity index (χ0) is 10.4. The molecule has 0 aliphatic carbocycles. The Balaban J connectivity index is 0. The molecule has 0 spiro atoms. The third-order valence-electron chi connectivity index (χ3n) is 1.08. The van der Waals surface area contributed by atoms with E-state index in [-0.39, 0.29) is 22.4 Å². The van der Waals surface area contributed by atoms with Crippen LogP contribution in [0.5, 0.6) is 0 Å².